The minimum Gasteiger partial charge on any atom is -0.466 e. The van der Waals surface area contributed by atoms with Gasteiger partial charge in [-0.05, 0) is 86.0 Å². The maximum atomic E-state index is 16.5. The van der Waals surface area contributed by atoms with Gasteiger partial charge in [0.1, 0.15) is 11.6 Å². The molecule has 11 nitrogen and oxygen atoms in total. The molecule has 3 aromatic heterocycles. The number of aryl methyl sites for hydroxylation is 3. The average molecular weight is 837 g/mol. The summed E-state index contributed by atoms with van der Waals surface area (Å²) < 4.78 is 75.8. The molecule has 4 heterocycles. The van der Waals surface area contributed by atoms with Gasteiger partial charge in [0.25, 0.3) is 10.0 Å². The number of thioether (sulfide) groups is 1. The number of fused-ring (bicyclic) bond motifs is 10. The molecule has 0 radical (unpaired) electrons. The van der Waals surface area contributed by atoms with Crippen molar-refractivity contribution in [2.45, 2.75) is 56.4 Å². The van der Waals surface area contributed by atoms with Crippen molar-refractivity contribution in [2.24, 2.45) is 7.05 Å². The molecule has 0 aliphatic carbocycles. The Morgan fingerprint density at radius 1 is 0.949 bits per heavy atom. The van der Waals surface area contributed by atoms with Crippen LogP contribution in [0.4, 0.5) is 8.78 Å². The van der Waals surface area contributed by atoms with Gasteiger partial charge in [-0.25, -0.2) is 30.8 Å². The van der Waals surface area contributed by atoms with E-state index >= 15 is 8.78 Å². The standard InChI is InChI=1S/C44H42F2N6O5S2/c1-4-56-40(53)16-13-29-9-8-10-30(25-29)44(2)19-23-58-24-22-51-20-17-31(48-51)26-35-34-18-21-52(59(54,55)33-11-6-5-7-12-33)39(34)28-38(46)41(35)57-32-14-15-37(45)36(27-32)42-47-43(44)49-50(42)3/h5-12,14-15,17-18,20-21,25,27-28H,4,13,16,19,22-24,26H2,1-3H3. The quantitative estimate of drug-likeness (QED) is 0.146. The second-order valence-electron chi connectivity index (χ2n) is 14.6. The van der Waals surface area contributed by atoms with Crippen molar-refractivity contribution >= 4 is 38.7 Å². The lowest BCUT2D eigenvalue weighted by molar-refractivity contribution is -0.143. The SMILES string of the molecule is CCOC(=O)CCc1cccc(C2(C)CCSCCn3ccc(n3)Cc3c(c(F)cc4c3ccn4S(=O)(=O)c3ccccc3)Oc3ccc(F)c(c3)-c3nc2nn3C)c1. The minimum atomic E-state index is -4.07. The van der Waals surface area contributed by atoms with Crippen LogP contribution < -0.4 is 4.74 Å². The van der Waals surface area contributed by atoms with E-state index in [2.05, 4.69) is 13.0 Å². The number of nitrogens with zero attached hydrogens (tertiary/aromatic N) is 6. The average Bonchev–Trinajstić information content (AvgIpc) is 3.98. The summed E-state index contributed by atoms with van der Waals surface area (Å²) in [5.41, 5.74) is 2.48. The summed E-state index contributed by atoms with van der Waals surface area (Å²) in [6.45, 7) is 4.79. The first kappa shape index (κ1) is 40.0. The van der Waals surface area contributed by atoms with Gasteiger partial charge in [0.2, 0.25) is 0 Å². The molecule has 0 saturated heterocycles. The van der Waals surface area contributed by atoms with Crippen LogP contribution in [0.5, 0.6) is 11.5 Å². The van der Waals surface area contributed by atoms with E-state index in [0.717, 1.165) is 32.7 Å². The Labute approximate surface area is 345 Å². The van der Waals surface area contributed by atoms with Crippen LogP contribution in [0.15, 0.2) is 108 Å². The highest BCUT2D eigenvalue weighted by Crippen LogP contribution is 2.40. The number of aromatic nitrogens is 6. The monoisotopic (exact) mass is 836 g/mol. The van der Waals surface area contributed by atoms with Crippen molar-refractivity contribution in [3.63, 3.8) is 0 Å². The summed E-state index contributed by atoms with van der Waals surface area (Å²) in [7, 11) is -2.37. The van der Waals surface area contributed by atoms with Gasteiger partial charge in [0, 0.05) is 61.6 Å². The van der Waals surface area contributed by atoms with Crippen LogP contribution in [-0.4, -0.2) is 61.0 Å². The van der Waals surface area contributed by atoms with Crippen molar-refractivity contribution in [1.82, 2.24) is 28.5 Å². The van der Waals surface area contributed by atoms with E-state index in [1.54, 1.807) is 50.0 Å². The number of carbonyl (C=O) groups is 1. The lowest BCUT2D eigenvalue weighted by atomic mass is 9.78. The second-order valence-corrected chi connectivity index (χ2v) is 17.6. The van der Waals surface area contributed by atoms with Crippen LogP contribution in [0.3, 0.4) is 0 Å². The molecule has 1 aliphatic rings. The molecule has 304 valence electrons. The van der Waals surface area contributed by atoms with Gasteiger partial charge >= 0.3 is 5.97 Å². The molecule has 59 heavy (non-hydrogen) atoms. The maximum absolute atomic E-state index is 16.5. The Balaban J connectivity index is 1.22. The fourth-order valence-electron chi connectivity index (χ4n) is 7.46. The summed E-state index contributed by atoms with van der Waals surface area (Å²) in [5.74, 6) is 0.603. The van der Waals surface area contributed by atoms with E-state index in [-0.39, 0.29) is 52.1 Å². The molecule has 8 rings (SSSR count). The van der Waals surface area contributed by atoms with Crippen LogP contribution >= 0.6 is 11.8 Å². The van der Waals surface area contributed by atoms with Crippen LogP contribution in [0.2, 0.25) is 0 Å². The van der Waals surface area contributed by atoms with Gasteiger partial charge in [0.05, 0.1) is 33.7 Å². The minimum absolute atomic E-state index is 0.0611. The second kappa shape index (κ2) is 16.5. The zero-order chi connectivity index (χ0) is 41.3. The maximum Gasteiger partial charge on any atom is 0.306 e. The summed E-state index contributed by atoms with van der Waals surface area (Å²) in [4.78, 5) is 17.2. The molecular formula is C44H42F2N6O5S2. The summed E-state index contributed by atoms with van der Waals surface area (Å²) in [5, 5.41) is 10.1. The van der Waals surface area contributed by atoms with Gasteiger partial charge in [-0.15, -0.1) is 0 Å². The summed E-state index contributed by atoms with van der Waals surface area (Å²) in [6, 6.07) is 24.7. The van der Waals surface area contributed by atoms with Crippen molar-refractivity contribution in [2.75, 3.05) is 18.1 Å². The molecule has 1 unspecified atom stereocenters. The lowest BCUT2D eigenvalue weighted by Crippen LogP contribution is -2.27. The first-order valence-electron chi connectivity index (χ1n) is 19.3. The molecule has 15 heteroatoms. The predicted molar refractivity (Wildman–Crippen MR) is 222 cm³/mol. The zero-order valence-electron chi connectivity index (χ0n) is 32.8. The van der Waals surface area contributed by atoms with Crippen molar-refractivity contribution in [1.29, 1.82) is 0 Å². The number of hydrogen-bond acceptors (Lipinski definition) is 9. The molecule has 0 spiro atoms. The third kappa shape index (κ3) is 8.00. The summed E-state index contributed by atoms with van der Waals surface area (Å²) in [6.07, 6.45) is 4.82. The number of carbonyl (C=O) groups excluding carboxylic acids is 1. The Morgan fingerprint density at radius 2 is 1.78 bits per heavy atom. The van der Waals surface area contributed by atoms with E-state index in [1.165, 1.54) is 41.2 Å². The van der Waals surface area contributed by atoms with Crippen molar-refractivity contribution in [3.8, 4) is 22.9 Å². The van der Waals surface area contributed by atoms with Gasteiger partial charge in [-0.2, -0.15) is 22.0 Å². The van der Waals surface area contributed by atoms with Gasteiger partial charge < -0.3 is 9.47 Å². The van der Waals surface area contributed by atoms with E-state index in [9.17, 15) is 13.2 Å². The molecule has 0 amide bonds. The van der Waals surface area contributed by atoms with Crippen LogP contribution in [0.1, 0.15) is 54.9 Å². The highest BCUT2D eigenvalue weighted by atomic mass is 32.2. The first-order chi connectivity index (χ1) is 28.4. The Kier molecular flexibility index (Phi) is 11.2. The smallest absolute Gasteiger partial charge is 0.306 e. The lowest BCUT2D eigenvalue weighted by Gasteiger charge is -2.28. The van der Waals surface area contributed by atoms with E-state index in [1.807, 2.05) is 35.1 Å². The van der Waals surface area contributed by atoms with Gasteiger partial charge in [0.15, 0.2) is 23.2 Å². The van der Waals surface area contributed by atoms with E-state index in [0.29, 0.717) is 48.5 Å². The number of ether oxygens (including phenoxy) is 2. The highest BCUT2D eigenvalue weighted by molar-refractivity contribution is 7.99. The topological polar surface area (TPSA) is 123 Å². The Bertz CT molecular complexity index is 2780. The summed E-state index contributed by atoms with van der Waals surface area (Å²) >= 11 is 1.76. The number of halogens is 2. The molecule has 7 aromatic rings. The van der Waals surface area contributed by atoms with Crippen LogP contribution in [0.25, 0.3) is 22.3 Å². The molecule has 0 N–H and O–H groups in total. The zero-order valence-corrected chi connectivity index (χ0v) is 34.4. The highest BCUT2D eigenvalue weighted by Gasteiger charge is 2.35. The first-order valence-corrected chi connectivity index (χ1v) is 21.9. The fourth-order valence-corrected chi connectivity index (χ4v) is 9.89. The molecule has 1 atom stereocenters. The Morgan fingerprint density at radius 3 is 2.59 bits per heavy atom. The number of rotatable bonds is 7. The van der Waals surface area contributed by atoms with E-state index in [4.69, 9.17) is 24.7 Å². The largest absolute Gasteiger partial charge is 0.466 e. The third-order valence-corrected chi connectivity index (χ3v) is 13.3. The number of hydrogen-bond donors (Lipinski definition) is 0. The predicted octanol–water partition coefficient (Wildman–Crippen LogP) is 8.47. The van der Waals surface area contributed by atoms with Crippen molar-refractivity contribution in [3.05, 3.63) is 143 Å². The van der Waals surface area contributed by atoms with Gasteiger partial charge in [-0.1, -0.05) is 42.5 Å². The fraction of sp³-hybridized carbons (Fsp3) is 0.273. The van der Waals surface area contributed by atoms with Crippen molar-refractivity contribution < 1.29 is 31.5 Å². The number of esters is 1. The number of benzene rings is 4. The van der Waals surface area contributed by atoms with Crippen LogP contribution in [0, 0.1) is 11.6 Å². The molecule has 1 aliphatic heterocycles. The van der Waals surface area contributed by atoms with Crippen LogP contribution in [-0.2, 0) is 51.4 Å². The normalized spacial score (nSPS) is 16.1. The third-order valence-electron chi connectivity index (χ3n) is 10.7. The molecule has 0 saturated carbocycles. The molecule has 6 bridgehead atoms. The Hall–Kier alpha value is -5.80. The molecular weight excluding hydrogens is 795 g/mol. The molecule has 4 aromatic carbocycles. The van der Waals surface area contributed by atoms with E-state index < -0.39 is 27.1 Å². The molecule has 0 fully saturated rings. The van der Waals surface area contributed by atoms with Gasteiger partial charge in [-0.3, -0.25) is 9.48 Å².